The molecular weight excluding hydrogens is 296 g/mol. The van der Waals surface area contributed by atoms with Crippen LogP contribution in [0.5, 0.6) is 0 Å². The summed E-state index contributed by atoms with van der Waals surface area (Å²) in [6.07, 6.45) is 1.14. The quantitative estimate of drug-likeness (QED) is 0.512. The first kappa shape index (κ1) is 17.1. The van der Waals surface area contributed by atoms with Crippen LogP contribution in [0.15, 0.2) is 21.9 Å². The van der Waals surface area contributed by atoms with E-state index in [4.69, 9.17) is 5.11 Å². The summed E-state index contributed by atoms with van der Waals surface area (Å²) in [6, 6.07) is 1.08. The Labute approximate surface area is 124 Å². The second-order valence-corrected chi connectivity index (χ2v) is 4.43. The van der Waals surface area contributed by atoms with E-state index in [1.54, 1.807) is 0 Å². The fraction of sp³-hybridized carbons (Fsp3) is 0.417. The van der Waals surface area contributed by atoms with Gasteiger partial charge < -0.3 is 15.3 Å². The summed E-state index contributed by atoms with van der Waals surface area (Å²) in [5.74, 6) is -2.15. The molecule has 1 rings (SSSR count). The van der Waals surface area contributed by atoms with Gasteiger partial charge in [-0.05, 0) is 0 Å². The van der Waals surface area contributed by atoms with Crippen LogP contribution in [0.2, 0.25) is 0 Å². The second-order valence-electron chi connectivity index (χ2n) is 4.43. The predicted octanol–water partition coefficient (Wildman–Crippen LogP) is -2.41. The molecule has 10 heteroatoms. The summed E-state index contributed by atoms with van der Waals surface area (Å²) in [5.41, 5.74) is -1.36. The highest BCUT2D eigenvalue weighted by Gasteiger charge is 2.17. The van der Waals surface area contributed by atoms with Crippen molar-refractivity contribution in [1.29, 1.82) is 0 Å². The number of nitrogens with one attached hydrogen (secondary N) is 2. The van der Waals surface area contributed by atoms with Crippen LogP contribution >= 0.6 is 0 Å². The van der Waals surface area contributed by atoms with Gasteiger partial charge >= 0.3 is 11.7 Å². The Balaban J connectivity index is 2.77. The molecule has 0 unspecified atom stereocenters. The number of carbonyl (C=O) groups excluding carboxylic acids is 2. The highest BCUT2D eigenvalue weighted by Crippen LogP contribution is 1.93. The third-order valence-electron chi connectivity index (χ3n) is 2.64. The van der Waals surface area contributed by atoms with Crippen molar-refractivity contribution < 1.29 is 19.5 Å². The van der Waals surface area contributed by atoms with Gasteiger partial charge in [0, 0.05) is 32.3 Å². The third-order valence-corrected chi connectivity index (χ3v) is 2.64. The maximum Gasteiger partial charge on any atom is 0.328 e. The van der Waals surface area contributed by atoms with E-state index in [0.717, 1.165) is 21.7 Å². The third kappa shape index (κ3) is 5.61. The van der Waals surface area contributed by atoms with Crippen molar-refractivity contribution in [3.8, 4) is 0 Å². The number of H-pyrrole nitrogens is 1. The molecule has 0 aliphatic carbocycles. The Kier molecular flexibility index (Phi) is 6.05. The minimum atomic E-state index is -1.22. The molecule has 0 saturated heterocycles. The topological polar surface area (TPSA) is 142 Å². The molecule has 0 aliphatic heterocycles. The normalized spacial score (nSPS) is 10.0. The Morgan fingerprint density at radius 2 is 2.05 bits per heavy atom. The zero-order valence-corrected chi connectivity index (χ0v) is 11.9. The van der Waals surface area contributed by atoms with Gasteiger partial charge in [0.05, 0.1) is 0 Å². The summed E-state index contributed by atoms with van der Waals surface area (Å²) >= 11 is 0. The number of aromatic amines is 1. The van der Waals surface area contributed by atoms with Crippen molar-refractivity contribution in [3.05, 3.63) is 33.1 Å². The van der Waals surface area contributed by atoms with Crippen LogP contribution in [-0.4, -0.2) is 57.0 Å². The van der Waals surface area contributed by atoms with Gasteiger partial charge in [0.25, 0.3) is 5.56 Å². The first-order valence-electron chi connectivity index (χ1n) is 6.33. The van der Waals surface area contributed by atoms with Crippen LogP contribution in [0.1, 0.15) is 6.92 Å². The number of amides is 2. The summed E-state index contributed by atoms with van der Waals surface area (Å²) in [7, 11) is 0. The number of aliphatic carboxylic acids is 1. The Bertz CT molecular complexity index is 677. The van der Waals surface area contributed by atoms with E-state index in [2.05, 4.69) is 5.32 Å². The number of nitrogens with zero attached hydrogens (tertiary/aromatic N) is 2. The second kappa shape index (κ2) is 7.76. The minimum Gasteiger partial charge on any atom is -0.480 e. The van der Waals surface area contributed by atoms with Crippen molar-refractivity contribution in [1.82, 2.24) is 19.8 Å². The number of carboxylic acids is 1. The number of aromatic nitrogens is 2. The standard InChI is InChI=1S/C12H16N4O6/c1-8(17)13-3-5-15(7-11(20)21)10(19)6-16-4-2-9(18)14-12(16)22/h2,4H,3,5-7H2,1H3,(H,13,17)(H,20,21)(H,14,18,22). The van der Waals surface area contributed by atoms with Gasteiger partial charge in [-0.1, -0.05) is 0 Å². The molecule has 0 spiro atoms. The highest BCUT2D eigenvalue weighted by molar-refractivity contribution is 5.81. The van der Waals surface area contributed by atoms with Gasteiger partial charge in [0.2, 0.25) is 11.8 Å². The summed E-state index contributed by atoms with van der Waals surface area (Å²) in [4.78, 5) is 59.0. The van der Waals surface area contributed by atoms with Crippen LogP contribution in [0, 0.1) is 0 Å². The first-order valence-corrected chi connectivity index (χ1v) is 6.33. The van der Waals surface area contributed by atoms with E-state index < -0.39 is 36.2 Å². The maximum atomic E-state index is 12.1. The molecule has 0 aromatic carbocycles. The fourth-order valence-electron chi connectivity index (χ4n) is 1.64. The zero-order valence-electron chi connectivity index (χ0n) is 11.9. The SMILES string of the molecule is CC(=O)NCCN(CC(=O)O)C(=O)Cn1ccc(=O)[nH]c1=O. The molecule has 120 valence electrons. The number of carboxylic acid groups (broad SMARTS) is 1. The molecule has 0 aliphatic rings. The lowest BCUT2D eigenvalue weighted by Crippen LogP contribution is -2.44. The summed E-state index contributed by atoms with van der Waals surface area (Å²) in [6.45, 7) is 0.403. The molecule has 2 amide bonds. The molecule has 10 nitrogen and oxygen atoms in total. The fourth-order valence-corrected chi connectivity index (χ4v) is 1.64. The van der Waals surface area contributed by atoms with Crippen molar-refractivity contribution in [2.75, 3.05) is 19.6 Å². The van der Waals surface area contributed by atoms with E-state index in [9.17, 15) is 24.0 Å². The predicted molar refractivity (Wildman–Crippen MR) is 74.2 cm³/mol. The molecule has 0 fully saturated rings. The molecule has 0 saturated carbocycles. The zero-order chi connectivity index (χ0) is 16.7. The van der Waals surface area contributed by atoms with Crippen LogP contribution < -0.4 is 16.6 Å². The largest absolute Gasteiger partial charge is 0.480 e. The molecule has 1 aromatic heterocycles. The smallest absolute Gasteiger partial charge is 0.328 e. The molecule has 0 radical (unpaired) electrons. The van der Waals surface area contributed by atoms with Gasteiger partial charge in [-0.2, -0.15) is 0 Å². The van der Waals surface area contributed by atoms with Crippen molar-refractivity contribution >= 4 is 17.8 Å². The molecule has 1 aromatic rings. The van der Waals surface area contributed by atoms with Gasteiger partial charge in [-0.3, -0.25) is 28.7 Å². The number of hydrogen-bond acceptors (Lipinski definition) is 5. The number of rotatable bonds is 7. The average molecular weight is 312 g/mol. The average Bonchev–Trinajstić information content (AvgIpc) is 2.40. The Morgan fingerprint density at radius 3 is 2.59 bits per heavy atom. The highest BCUT2D eigenvalue weighted by atomic mass is 16.4. The number of hydrogen-bond donors (Lipinski definition) is 3. The van der Waals surface area contributed by atoms with Crippen LogP contribution in [-0.2, 0) is 20.9 Å². The molecular formula is C12H16N4O6. The van der Waals surface area contributed by atoms with Crippen molar-refractivity contribution in [3.63, 3.8) is 0 Å². The van der Waals surface area contributed by atoms with E-state index in [1.807, 2.05) is 4.98 Å². The molecule has 0 bridgehead atoms. The summed E-state index contributed by atoms with van der Waals surface area (Å²) < 4.78 is 0.955. The maximum absolute atomic E-state index is 12.1. The van der Waals surface area contributed by atoms with Gasteiger partial charge in [0.15, 0.2) is 0 Å². The Morgan fingerprint density at radius 1 is 1.36 bits per heavy atom. The van der Waals surface area contributed by atoms with Gasteiger partial charge in [-0.25, -0.2) is 4.79 Å². The lowest BCUT2D eigenvalue weighted by molar-refractivity contribution is -0.144. The summed E-state index contributed by atoms with van der Waals surface area (Å²) in [5, 5.41) is 11.2. The van der Waals surface area contributed by atoms with Crippen LogP contribution in [0.25, 0.3) is 0 Å². The monoisotopic (exact) mass is 312 g/mol. The molecule has 22 heavy (non-hydrogen) atoms. The minimum absolute atomic E-state index is 0.0111. The van der Waals surface area contributed by atoms with E-state index in [-0.39, 0.29) is 19.0 Å². The van der Waals surface area contributed by atoms with Crippen LogP contribution in [0.3, 0.4) is 0 Å². The molecule has 3 N–H and O–H groups in total. The first-order chi connectivity index (χ1) is 10.3. The van der Waals surface area contributed by atoms with E-state index in [0.29, 0.717) is 0 Å². The van der Waals surface area contributed by atoms with E-state index in [1.165, 1.54) is 6.92 Å². The molecule has 0 atom stereocenters. The van der Waals surface area contributed by atoms with Crippen molar-refractivity contribution in [2.45, 2.75) is 13.5 Å². The number of carbonyl (C=O) groups is 3. The Hall–Kier alpha value is -2.91. The van der Waals surface area contributed by atoms with Crippen molar-refractivity contribution in [2.24, 2.45) is 0 Å². The molecule has 1 heterocycles. The van der Waals surface area contributed by atoms with Gasteiger partial charge in [0.1, 0.15) is 13.1 Å². The lowest BCUT2D eigenvalue weighted by atomic mass is 10.4. The lowest BCUT2D eigenvalue weighted by Gasteiger charge is -2.21. The van der Waals surface area contributed by atoms with Crippen LogP contribution in [0.4, 0.5) is 0 Å². The van der Waals surface area contributed by atoms with E-state index >= 15 is 0 Å². The van der Waals surface area contributed by atoms with Gasteiger partial charge in [-0.15, -0.1) is 0 Å².